The molecule has 0 amide bonds. The molecule has 26 heavy (non-hydrogen) atoms. The van der Waals surface area contributed by atoms with Crippen molar-refractivity contribution in [2.75, 3.05) is 25.1 Å². The second-order valence-electron chi connectivity index (χ2n) is 6.66. The quantitative estimate of drug-likeness (QED) is 0.719. The number of hydrogen-bond acceptors (Lipinski definition) is 6. The Kier molecular flexibility index (Phi) is 4.36. The van der Waals surface area contributed by atoms with Crippen LogP contribution in [0.15, 0.2) is 30.7 Å². The molecular weight excluding hydrogens is 330 g/mol. The summed E-state index contributed by atoms with van der Waals surface area (Å²) in [4.78, 5) is 15.7. The lowest BCUT2D eigenvalue weighted by Crippen LogP contribution is -2.39. The Labute approximate surface area is 152 Å². The van der Waals surface area contributed by atoms with Gasteiger partial charge in [-0.1, -0.05) is 0 Å². The van der Waals surface area contributed by atoms with Crippen LogP contribution in [0.1, 0.15) is 24.1 Å². The minimum atomic E-state index is 0.194. The second kappa shape index (κ2) is 6.82. The number of methoxy groups -OCH3 is 1. The average molecular weight is 353 g/mol. The average Bonchev–Trinajstić information content (AvgIpc) is 3.02. The summed E-state index contributed by atoms with van der Waals surface area (Å²) in [7, 11) is 1.61. The van der Waals surface area contributed by atoms with E-state index in [4.69, 9.17) is 14.5 Å². The number of aryl methyl sites for hydroxylation is 2. The van der Waals surface area contributed by atoms with E-state index in [1.807, 2.05) is 29.7 Å². The summed E-state index contributed by atoms with van der Waals surface area (Å²) in [5.41, 5.74) is 2.26. The first kappa shape index (κ1) is 16.6. The lowest BCUT2D eigenvalue weighted by atomic mass is 10.1. The van der Waals surface area contributed by atoms with Gasteiger partial charge >= 0.3 is 0 Å². The summed E-state index contributed by atoms with van der Waals surface area (Å²) in [6.07, 6.45) is 7.78. The molecular formula is C19H23N5O2. The molecule has 136 valence electrons. The molecule has 0 N–H and O–H groups in total. The van der Waals surface area contributed by atoms with Gasteiger partial charge in [-0.2, -0.15) is 4.98 Å². The summed E-state index contributed by atoms with van der Waals surface area (Å²) in [6, 6.07) is 3.72. The third-order valence-corrected chi connectivity index (χ3v) is 4.81. The SMILES string of the molecule is COc1ccc(OC2CCN(c3nc4ncc(C)n4cc3C)CC2)cn1. The minimum absolute atomic E-state index is 0.194. The van der Waals surface area contributed by atoms with E-state index in [-0.39, 0.29) is 6.10 Å². The normalized spacial score (nSPS) is 15.4. The maximum atomic E-state index is 6.06. The molecule has 7 heteroatoms. The highest BCUT2D eigenvalue weighted by Gasteiger charge is 2.23. The van der Waals surface area contributed by atoms with Crippen LogP contribution in [0.3, 0.4) is 0 Å². The largest absolute Gasteiger partial charge is 0.489 e. The fourth-order valence-corrected chi connectivity index (χ4v) is 3.37. The predicted octanol–water partition coefficient (Wildman–Crippen LogP) is 2.80. The molecule has 3 aromatic rings. The van der Waals surface area contributed by atoms with Crippen LogP contribution < -0.4 is 14.4 Å². The van der Waals surface area contributed by atoms with Gasteiger partial charge in [-0.25, -0.2) is 9.97 Å². The van der Waals surface area contributed by atoms with Gasteiger partial charge in [0.1, 0.15) is 17.7 Å². The highest BCUT2D eigenvalue weighted by Crippen LogP contribution is 2.25. The van der Waals surface area contributed by atoms with E-state index in [2.05, 4.69) is 28.0 Å². The van der Waals surface area contributed by atoms with Crippen LogP contribution in [0, 0.1) is 13.8 Å². The molecule has 7 nitrogen and oxygen atoms in total. The van der Waals surface area contributed by atoms with Crippen molar-refractivity contribution in [3.8, 4) is 11.6 Å². The monoisotopic (exact) mass is 353 g/mol. The van der Waals surface area contributed by atoms with E-state index in [0.717, 1.165) is 54.5 Å². The number of nitrogens with zero attached hydrogens (tertiary/aromatic N) is 5. The number of anilines is 1. The fourth-order valence-electron chi connectivity index (χ4n) is 3.37. The Balaban J connectivity index is 1.42. The van der Waals surface area contributed by atoms with Gasteiger partial charge in [0.25, 0.3) is 0 Å². The summed E-state index contributed by atoms with van der Waals surface area (Å²) in [6.45, 7) is 5.97. The molecule has 3 aromatic heterocycles. The summed E-state index contributed by atoms with van der Waals surface area (Å²) >= 11 is 0. The summed E-state index contributed by atoms with van der Waals surface area (Å²) in [5.74, 6) is 3.16. The van der Waals surface area contributed by atoms with Crippen molar-refractivity contribution in [2.45, 2.75) is 32.8 Å². The van der Waals surface area contributed by atoms with Crippen LogP contribution in [0.2, 0.25) is 0 Å². The molecule has 0 spiro atoms. The molecule has 0 saturated carbocycles. The molecule has 4 heterocycles. The molecule has 0 aromatic carbocycles. The summed E-state index contributed by atoms with van der Waals surface area (Å²) in [5, 5.41) is 0. The minimum Gasteiger partial charge on any atom is -0.489 e. The lowest BCUT2D eigenvalue weighted by molar-refractivity contribution is 0.170. The van der Waals surface area contributed by atoms with Crippen molar-refractivity contribution in [3.05, 3.63) is 42.0 Å². The second-order valence-corrected chi connectivity index (χ2v) is 6.66. The smallest absolute Gasteiger partial charge is 0.235 e. The first-order chi connectivity index (χ1) is 12.6. The van der Waals surface area contributed by atoms with Gasteiger partial charge in [-0.05, 0) is 19.9 Å². The Morgan fingerprint density at radius 3 is 2.58 bits per heavy atom. The van der Waals surface area contributed by atoms with Gasteiger partial charge in [-0.15, -0.1) is 0 Å². The zero-order valence-electron chi connectivity index (χ0n) is 15.3. The van der Waals surface area contributed by atoms with Crippen LogP contribution in [0.25, 0.3) is 5.78 Å². The van der Waals surface area contributed by atoms with Crippen LogP contribution in [0.4, 0.5) is 5.82 Å². The van der Waals surface area contributed by atoms with Crippen molar-refractivity contribution < 1.29 is 9.47 Å². The van der Waals surface area contributed by atoms with Crippen LogP contribution >= 0.6 is 0 Å². The van der Waals surface area contributed by atoms with E-state index in [0.29, 0.717) is 5.88 Å². The maximum absolute atomic E-state index is 6.06. The van der Waals surface area contributed by atoms with E-state index >= 15 is 0 Å². The highest BCUT2D eigenvalue weighted by molar-refractivity contribution is 5.51. The van der Waals surface area contributed by atoms with Crippen molar-refractivity contribution in [2.24, 2.45) is 0 Å². The maximum Gasteiger partial charge on any atom is 0.235 e. The number of hydrogen-bond donors (Lipinski definition) is 0. The van der Waals surface area contributed by atoms with Crippen LogP contribution in [-0.4, -0.2) is 45.7 Å². The number of ether oxygens (including phenoxy) is 2. The fraction of sp³-hybridized carbons (Fsp3) is 0.421. The predicted molar refractivity (Wildman–Crippen MR) is 99.1 cm³/mol. The molecule has 1 aliphatic heterocycles. The number of fused-ring (bicyclic) bond motifs is 1. The number of piperidine rings is 1. The van der Waals surface area contributed by atoms with Gasteiger partial charge in [0.2, 0.25) is 11.7 Å². The molecule has 0 atom stereocenters. The van der Waals surface area contributed by atoms with Gasteiger partial charge < -0.3 is 14.4 Å². The molecule has 1 aliphatic rings. The number of pyridine rings is 1. The van der Waals surface area contributed by atoms with Gasteiger partial charge in [-0.3, -0.25) is 4.40 Å². The number of aromatic nitrogens is 4. The van der Waals surface area contributed by atoms with Crippen molar-refractivity contribution in [3.63, 3.8) is 0 Å². The molecule has 1 saturated heterocycles. The number of rotatable bonds is 4. The number of imidazole rings is 1. The lowest BCUT2D eigenvalue weighted by Gasteiger charge is -2.33. The molecule has 0 radical (unpaired) electrons. The van der Waals surface area contributed by atoms with Crippen molar-refractivity contribution in [1.29, 1.82) is 0 Å². The molecule has 0 unspecified atom stereocenters. The highest BCUT2D eigenvalue weighted by atomic mass is 16.5. The molecule has 1 fully saturated rings. The Morgan fingerprint density at radius 2 is 1.88 bits per heavy atom. The Bertz CT molecular complexity index is 898. The Morgan fingerprint density at radius 1 is 1.08 bits per heavy atom. The zero-order valence-corrected chi connectivity index (χ0v) is 15.3. The molecule has 4 rings (SSSR count). The van der Waals surface area contributed by atoms with E-state index < -0.39 is 0 Å². The zero-order chi connectivity index (χ0) is 18.1. The van der Waals surface area contributed by atoms with Crippen LogP contribution in [0.5, 0.6) is 11.6 Å². The van der Waals surface area contributed by atoms with E-state index in [1.54, 1.807) is 13.3 Å². The Hall–Kier alpha value is -2.83. The molecule has 0 aliphatic carbocycles. The first-order valence-electron chi connectivity index (χ1n) is 8.87. The van der Waals surface area contributed by atoms with Crippen molar-refractivity contribution in [1.82, 2.24) is 19.4 Å². The topological polar surface area (TPSA) is 64.8 Å². The van der Waals surface area contributed by atoms with Gasteiger partial charge in [0.05, 0.1) is 19.5 Å². The van der Waals surface area contributed by atoms with E-state index in [9.17, 15) is 0 Å². The molecule has 0 bridgehead atoms. The third kappa shape index (κ3) is 3.16. The van der Waals surface area contributed by atoms with Crippen LogP contribution in [-0.2, 0) is 0 Å². The van der Waals surface area contributed by atoms with Crippen molar-refractivity contribution >= 4 is 11.6 Å². The van der Waals surface area contributed by atoms with Gasteiger partial charge in [0.15, 0.2) is 0 Å². The first-order valence-corrected chi connectivity index (χ1v) is 8.87. The van der Waals surface area contributed by atoms with E-state index in [1.165, 1.54) is 0 Å². The third-order valence-electron chi connectivity index (χ3n) is 4.81. The van der Waals surface area contributed by atoms with Gasteiger partial charge in [0, 0.05) is 49.5 Å². The standard InChI is InChI=1S/C19H23N5O2/c1-13-12-24-14(2)10-21-19(24)22-18(13)23-8-6-15(7-9-23)26-16-4-5-17(25-3)20-11-16/h4-5,10-12,15H,6-9H2,1-3H3. The summed E-state index contributed by atoms with van der Waals surface area (Å²) < 4.78 is 13.2.